The Labute approximate surface area is 191 Å². The zero-order chi connectivity index (χ0) is 22.0. The monoisotopic (exact) mass is 443 g/mol. The second-order valence-corrected chi connectivity index (χ2v) is 9.09. The molecule has 3 aromatic heterocycles. The molecule has 32 heavy (non-hydrogen) atoms. The van der Waals surface area contributed by atoms with E-state index in [1.165, 1.54) is 17.0 Å². The Morgan fingerprint density at radius 1 is 1.12 bits per heavy atom. The number of carbonyl (C=O) groups excluding carboxylic acids is 1. The van der Waals surface area contributed by atoms with Crippen molar-refractivity contribution in [2.45, 2.75) is 31.8 Å². The number of amides is 1. The summed E-state index contributed by atoms with van der Waals surface area (Å²) in [6.07, 6.45) is 7.59. The molecule has 1 aliphatic heterocycles. The van der Waals surface area contributed by atoms with Crippen molar-refractivity contribution >= 4 is 28.1 Å². The molecule has 1 aliphatic rings. The van der Waals surface area contributed by atoms with Crippen LogP contribution in [0.5, 0.6) is 0 Å². The van der Waals surface area contributed by atoms with Crippen LogP contribution in [0.2, 0.25) is 0 Å². The Morgan fingerprint density at radius 2 is 1.94 bits per heavy atom. The van der Waals surface area contributed by atoms with Gasteiger partial charge >= 0.3 is 0 Å². The second kappa shape index (κ2) is 8.59. The summed E-state index contributed by atoms with van der Waals surface area (Å²) in [6, 6.07) is 18.1. The van der Waals surface area contributed by atoms with Crippen LogP contribution in [0.15, 0.2) is 78.6 Å². The molecule has 0 radical (unpaired) electrons. The smallest absolute Gasteiger partial charge is 0.274 e. The van der Waals surface area contributed by atoms with Crippen molar-refractivity contribution in [1.82, 2.24) is 14.5 Å². The Hall–Kier alpha value is -3.45. The number of benzene rings is 1. The minimum Gasteiger partial charge on any atom is -0.360 e. The average molecular weight is 444 g/mol. The van der Waals surface area contributed by atoms with Gasteiger partial charge in [-0.05, 0) is 61.7 Å². The molecule has 0 spiro atoms. The quantitative estimate of drug-likeness (QED) is 0.447. The van der Waals surface area contributed by atoms with E-state index < -0.39 is 0 Å². The number of anilines is 2. The van der Waals surface area contributed by atoms with Crippen LogP contribution in [0.3, 0.4) is 0 Å². The third-order valence-corrected chi connectivity index (χ3v) is 6.91. The molecule has 4 aromatic rings. The van der Waals surface area contributed by atoms with E-state index in [2.05, 4.69) is 51.8 Å². The molecule has 1 aromatic carbocycles. The van der Waals surface area contributed by atoms with Crippen molar-refractivity contribution in [3.8, 4) is 0 Å². The van der Waals surface area contributed by atoms with Crippen molar-refractivity contribution in [2.75, 3.05) is 16.8 Å². The van der Waals surface area contributed by atoms with E-state index in [1.807, 2.05) is 41.1 Å². The maximum absolute atomic E-state index is 13.0. The van der Waals surface area contributed by atoms with Crippen LogP contribution in [-0.4, -0.2) is 27.0 Å². The number of rotatable bonds is 6. The van der Waals surface area contributed by atoms with E-state index in [9.17, 15) is 4.79 Å². The van der Waals surface area contributed by atoms with Gasteiger partial charge in [-0.2, -0.15) is 0 Å². The predicted molar refractivity (Wildman–Crippen MR) is 128 cm³/mol. The number of aromatic nitrogens is 3. The molecule has 7 heteroatoms. The van der Waals surface area contributed by atoms with Crippen LogP contribution >= 0.6 is 11.3 Å². The maximum Gasteiger partial charge on any atom is 0.274 e. The highest BCUT2D eigenvalue weighted by molar-refractivity contribution is 7.14. The predicted octanol–water partition coefficient (Wildman–Crippen LogP) is 5.16. The van der Waals surface area contributed by atoms with Gasteiger partial charge in [0.05, 0.1) is 11.2 Å². The summed E-state index contributed by atoms with van der Waals surface area (Å²) >= 11 is 1.48. The van der Waals surface area contributed by atoms with Gasteiger partial charge in [0.1, 0.15) is 5.69 Å². The lowest BCUT2D eigenvalue weighted by molar-refractivity contribution is 0.101. The lowest BCUT2D eigenvalue weighted by Gasteiger charge is -2.35. The van der Waals surface area contributed by atoms with E-state index in [4.69, 9.17) is 4.98 Å². The second-order valence-electron chi connectivity index (χ2n) is 8.23. The van der Waals surface area contributed by atoms with Gasteiger partial charge in [0.2, 0.25) is 0 Å². The molecule has 4 heterocycles. The summed E-state index contributed by atoms with van der Waals surface area (Å²) in [6.45, 7) is 3.86. The maximum atomic E-state index is 13.0. The zero-order valence-electron chi connectivity index (χ0n) is 17.9. The van der Waals surface area contributed by atoms with Gasteiger partial charge < -0.3 is 9.47 Å². The number of thiazole rings is 1. The number of nitrogens with one attached hydrogen (secondary N) is 1. The van der Waals surface area contributed by atoms with Crippen LogP contribution in [0, 0.1) is 0 Å². The van der Waals surface area contributed by atoms with E-state index in [0.29, 0.717) is 17.4 Å². The molecular formula is C25H25N5OS. The molecule has 1 atom stereocenters. The number of nitrogens with zero attached hydrogens (tertiary/aromatic N) is 4. The number of carbonyl (C=O) groups is 1. The van der Waals surface area contributed by atoms with Crippen molar-refractivity contribution < 1.29 is 4.79 Å². The van der Waals surface area contributed by atoms with Crippen molar-refractivity contribution in [3.05, 3.63) is 95.5 Å². The molecule has 6 nitrogen and oxygen atoms in total. The highest BCUT2D eigenvalue weighted by atomic mass is 32.1. The van der Waals surface area contributed by atoms with Gasteiger partial charge in [-0.25, -0.2) is 4.98 Å². The van der Waals surface area contributed by atoms with Crippen LogP contribution < -0.4 is 10.2 Å². The van der Waals surface area contributed by atoms with E-state index in [1.54, 1.807) is 12.4 Å². The van der Waals surface area contributed by atoms with E-state index in [0.717, 1.165) is 30.6 Å². The standard InChI is InChI=1S/C25H25N5OS/c1-25(12-6-16-30(25)20-7-3-2-4-8-20)22-18-32-24(27-22)28-23(31)21-9-5-15-29(21)17-19-10-13-26-14-11-19/h2-5,7-11,13-15,18H,6,12,16-17H2,1H3,(H,27,28,31)/t25-/m1/s1. The van der Waals surface area contributed by atoms with Crippen LogP contribution in [0.25, 0.3) is 0 Å². The molecule has 0 bridgehead atoms. The summed E-state index contributed by atoms with van der Waals surface area (Å²) in [7, 11) is 0. The number of hydrogen-bond acceptors (Lipinski definition) is 5. The minimum atomic E-state index is -0.178. The van der Waals surface area contributed by atoms with Crippen molar-refractivity contribution in [1.29, 1.82) is 0 Å². The fourth-order valence-corrected chi connectivity index (χ4v) is 5.27. The molecule has 162 valence electrons. The molecule has 0 aliphatic carbocycles. The third-order valence-electron chi connectivity index (χ3n) is 6.15. The summed E-state index contributed by atoms with van der Waals surface area (Å²) in [4.78, 5) is 24.3. The van der Waals surface area contributed by atoms with Gasteiger partial charge in [0.15, 0.2) is 5.13 Å². The summed E-state index contributed by atoms with van der Waals surface area (Å²) in [5, 5.41) is 5.71. The molecule has 0 saturated carbocycles. The van der Waals surface area contributed by atoms with Gasteiger partial charge in [0, 0.05) is 42.7 Å². The molecule has 1 N–H and O–H groups in total. The molecule has 1 fully saturated rings. The normalized spacial score (nSPS) is 18.1. The summed E-state index contributed by atoms with van der Waals surface area (Å²) in [5.41, 5.74) is 3.74. The SMILES string of the molecule is C[C@]1(c2csc(NC(=O)c3cccn3Cc3ccncc3)n2)CCCN1c1ccccc1. The third kappa shape index (κ3) is 3.91. The van der Waals surface area contributed by atoms with Crippen molar-refractivity contribution in [3.63, 3.8) is 0 Å². The first-order valence-electron chi connectivity index (χ1n) is 10.8. The lowest BCUT2D eigenvalue weighted by Crippen LogP contribution is -2.39. The zero-order valence-corrected chi connectivity index (χ0v) is 18.8. The topological polar surface area (TPSA) is 63.1 Å². The van der Waals surface area contributed by atoms with Crippen LogP contribution in [0.1, 0.15) is 41.5 Å². The Bertz CT molecular complexity index is 1200. The fraction of sp³-hybridized carbons (Fsp3) is 0.240. The summed E-state index contributed by atoms with van der Waals surface area (Å²) in [5.74, 6) is -0.151. The first-order chi connectivity index (χ1) is 15.6. The highest BCUT2D eigenvalue weighted by Crippen LogP contribution is 2.42. The van der Waals surface area contributed by atoms with Gasteiger partial charge in [-0.1, -0.05) is 18.2 Å². The molecule has 1 saturated heterocycles. The Balaban J connectivity index is 1.33. The Kier molecular flexibility index (Phi) is 5.49. The highest BCUT2D eigenvalue weighted by Gasteiger charge is 2.40. The largest absolute Gasteiger partial charge is 0.360 e. The first kappa shape index (κ1) is 20.5. The molecule has 1 amide bonds. The first-order valence-corrected chi connectivity index (χ1v) is 11.7. The average Bonchev–Trinajstić information content (AvgIpc) is 3.56. The summed E-state index contributed by atoms with van der Waals surface area (Å²) < 4.78 is 1.94. The number of hydrogen-bond donors (Lipinski definition) is 1. The van der Waals surface area contributed by atoms with Crippen LogP contribution in [-0.2, 0) is 12.1 Å². The number of pyridine rings is 1. The van der Waals surface area contributed by atoms with Gasteiger partial charge in [-0.3, -0.25) is 15.1 Å². The van der Waals surface area contributed by atoms with Crippen molar-refractivity contribution in [2.24, 2.45) is 0 Å². The Morgan fingerprint density at radius 3 is 2.75 bits per heavy atom. The fourth-order valence-electron chi connectivity index (χ4n) is 4.43. The molecule has 5 rings (SSSR count). The minimum absolute atomic E-state index is 0.151. The molecule has 0 unspecified atom stereocenters. The lowest BCUT2D eigenvalue weighted by atomic mass is 9.95. The molecular weight excluding hydrogens is 418 g/mol. The van der Waals surface area contributed by atoms with E-state index >= 15 is 0 Å². The van der Waals surface area contributed by atoms with E-state index in [-0.39, 0.29) is 11.4 Å². The van der Waals surface area contributed by atoms with Crippen LogP contribution in [0.4, 0.5) is 10.8 Å². The number of para-hydroxylation sites is 1. The van der Waals surface area contributed by atoms with Gasteiger partial charge in [0.25, 0.3) is 5.91 Å². The van der Waals surface area contributed by atoms with Gasteiger partial charge in [-0.15, -0.1) is 11.3 Å².